The molecule has 1 fully saturated rings. The summed E-state index contributed by atoms with van der Waals surface area (Å²) < 4.78 is 5.56. The third kappa shape index (κ3) is 3.84. The Bertz CT molecular complexity index is 397. The van der Waals surface area contributed by atoms with E-state index in [0.29, 0.717) is 13.0 Å². The zero-order valence-corrected chi connectivity index (χ0v) is 10.9. The molecule has 18 heavy (non-hydrogen) atoms. The molecule has 1 heterocycles. The summed E-state index contributed by atoms with van der Waals surface area (Å²) >= 11 is 0. The predicted molar refractivity (Wildman–Crippen MR) is 71.2 cm³/mol. The van der Waals surface area contributed by atoms with Crippen LogP contribution in [-0.2, 0) is 16.1 Å². The second kappa shape index (κ2) is 6.55. The number of amides is 1. The van der Waals surface area contributed by atoms with Crippen molar-refractivity contribution < 1.29 is 9.53 Å². The summed E-state index contributed by atoms with van der Waals surface area (Å²) in [7, 11) is 0. The van der Waals surface area contributed by atoms with E-state index in [-0.39, 0.29) is 12.0 Å². The van der Waals surface area contributed by atoms with E-state index in [1.165, 1.54) is 17.5 Å². The minimum Gasteiger partial charge on any atom is -0.378 e. The van der Waals surface area contributed by atoms with Gasteiger partial charge in [-0.25, -0.2) is 0 Å². The first-order valence-electron chi connectivity index (χ1n) is 6.68. The summed E-state index contributed by atoms with van der Waals surface area (Å²) in [5.74, 6) is 0.0881. The predicted octanol–water partition coefficient (Wildman–Crippen LogP) is 2.57. The average Bonchev–Trinajstić information content (AvgIpc) is 2.39. The molecule has 1 unspecified atom stereocenters. The first-order chi connectivity index (χ1) is 8.75. The molecule has 1 amide bonds. The molecule has 0 bridgehead atoms. The van der Waals surface area contributed by atoms with Crippen LogP contribution in [0.25, 0.3) is 0 Å². The smallest absolute Gasteiger partial charge is 0.222 e. The summed E-state index contributed by atoms with van der Waals surface area (Å²) in [6, 6.07) is 8.12. The molecule has 1 aromatic rings. The van der Waals surface area contributed by atoms with E-state index in [4.69, 9.17) is 4.74 Å². The molecule has 0 aliphatic carbocycles. The van der Waals surface area contributed by atoms with Gasteiger partial charge in [-0.2, -0.15) is 0 Å². The maximum absolute atomic E-state index is 11.8. The Kier molecular flexibility index (Phi) is 4.76. The summed E-state index contributed by atoms with van der Waals surface area (Å²) in [5, 5.41) is 2.97. The number of ether oxygens (including phenoxy) is 1. The van der Waals surface area contributed by atoms with Crippen LogP contribution >= 0.6 is 0 Å². The van der Waals surface area contributed by atoms with Crippen LogP contribution in [0.4, 0.5) is 0 Å². The normalized spacial score (nSPS) is 19.5. The summed E-state index contributed by atoms with van der Waals surface area (Å²) in [6.45, 7) is 3.47. The number of rotatable bonds is 4. The monoisotopic (exact) mass is 247 g/mol. The third-order valence-corrected chi connectivity index (χ3v) is 3.42. The number of nitrogens with one attached hydrogen (secondary N) is 1. The first kappa shape index (κ1) is 13.1. The fraction of sp³-hybridized carbons (Fsp3) is 0.533. The fourth-order valence-corrected chi connectivity index (χ4v) is 2.25. The zero-order chi connectivity index (χ0) is 12.8. The van der Waals surface area contributed by atoms with Crippen molar-refractivity contribution in [3.8, 4) is 0 Å². The SMILES string of the molecule is Cc1ccccc1CNC(=O)CC1CCCCO1. The number of aryl methyl sites for hydroxylation is 1. The standard InChI is InChI=1S/C15H21NO2/c1-12-6-2-3-7-13(12)11-16-15(17)10-14-8-4-5-9-18-14/h2-3,6-7,14H,4-5,8-11H2,1H3,(H,16,17). The average molecular weight is 247 g/mol. The van der Waals surface area contributed by atoms with Crippen LogP contribution in [0.15, 0.2) is 24.3 Å². The first-order valence-corrected chi connectivity index (χ1v) is 6.68. The molecule has 2 rings (SSSR count). The van der Waals surface area contributed by atoms with Gasteiger partial charge in [0.15, 0.2) is 0 Å². The highest BCUT2D eigenvalue weighted by Crippen LogP contribution is 2.15. The maximum atomic E-state index is 11.8. The number of hydrogen-bond donors (Lipinski definition) is 1. The van der Waals surface area contributed by atoms with Crippen molar-refractivity contribution >= 4 is 5.91 Å². The van der Waals surface area contributed by atoms with Gasteiger partial charge in [0.05, 0.1) is 12.5 Å². The van der Waals surface area contributed by atoms with E-state index in [1.807, 2.05) is 18.2 Å². The number of carbonyl (C=O) groups is 1. The number of hydrogen-bond acceptors (Lipinski definition) is 2. The van der Waals surface area contributed by atoms with Gasteiger partial charge in [0, 0.05) is 13.2 Å². The highest BCUT2D eigenvalue weighted by molar-refractivity contribution is 5.76. The van der Waals surface area contributed by atoms with Crippen molar-refractivity contribution in [3.05, 3.63) is 35.4 Å². The van der Waals surface area contributed by atoms with Crippen LogP contribution in [0, 0.1) is 6.92 Å². The van der Waals surface area contributed by atoms with Gasteiger partial charge in [0.25, 0.3) is 0 Å². The molecular weight excluding hydrogens is 226 g/mol. The van der Waals surface area contributed by atoms with E-state index in [0.717, 1.165) is 19.4 Å². The van der Waals surface area contributed by atoms with Crippen LogP contribution in [0.1, 0.15) is 36.8 Å². The second-order valence-corrected chi connectivity index (χ2v) is 4.90. The van der Waals surface area contributed by atoms with Gasteiger partial charge >= 0.3 is 0 Å². The van der Waals surface area contributed by atoms with Crippen molar-refractivity contribution in [2.24, 2.45) is 0 Å². The number of benzene rings is 1. The number of carbonyl (C=O) groups excluding carboxylic acids is 1. The quantitative estimate of drug-likeness (QED) is 0.888. The van der Waals surface area contributed by atoms with Crippen LogP contribution in [-0.4, -0.2) is 18.6 Å². The van der Waals surface area contributed by atoms with E-state index in [2.05, 4.69) is 18.3 Å². The molecule has 0 saturated carbocycles. The highest BCUT2D eigenvalue weighted by atomic mass is 16.5. The molecule has 3 heteroatoms. The largest absolute Gasteiger partial charge is 0.378 e. The van der Waals surface area contributed by atoms with E-state index in [1.54, 1.807) is 0 Å². The van der Waals surface area contributed by atoms with Crippen molar-refractivity contribution in [2.75, 3.05) is 6.61 Å². The van der Waals surface area contributed by atoms with Gasteiger partial charge in [0.1, 0.15) is 0 Å². The lowest BCUT2D eigenvalue weighted by atomic mass is 10.1. The van der Waals surface area contributed by atoms with Crippen LogP contribution in [0.2, 0.25) is 0 Å². The highest BCUT2D eigenvalue weighted by Gasteiger charge is 2.17. The van der Waals surface area contributed by atoms with Gasteiger partial charge in [-0.1, -0.05) is 24.3 Å². The molecule has 1 aromatic carbocycles. The molecule has 1 N–H and O–H groups in total. The third-order valence-electron chi connectivity index (χ3n) is 3.42. The maximum Gasteiger partial charge on any atom is 0.222 e. The minimum absolute atomic E-state index is 0.0881. The lowest BCUT2D eigenvalue weighted by molar-refractivity contribution is -0.125. The Morgan fingerprint density at radius 2 is 2.22 bits per heavy atom. The Hall–Kier alpha value is -1.35. The van der Waals surface area contributed by atoms with Crippen LogP contribution in [0.5, 0.6) is 0 Å². The van der Waals surface area contributed by atoms with Gasteiger partial charge in [-0.05, 0) is 37.3 Å². The summed E-state index contributed by atoms with van der Waals surface area (Å²) in [6.07, 6.45) is 3.93. The topological polar surface area (TPSA) is 38.3 Å². The molecule has 1 atom stereocenters. The molecule has 98 valence electrons. The molecule has 3 nitrogen and oxygen atoms in total. The second-order valence-electron chi connectivity index (χ2n) is 4.90. The van der Waals surface area contributed by atoms with E-state index >= 15 is 0 Å². The molecular formula is C15H21NO2. The molecule has 0 radical (unpaired) electrons. The van der Waals surface area contributed by atoms with Gasteiger partial charge in [0.2, 0.25) is 5.91 Å². The van der Waals surface area contributed by atoms with Gasteiger partial charge in [-0.15, -0.1) is 0 Å². The van der Waals surface area contributed by atoms with E-state index in [9.17, 15) is 4.79 Å². The Morgan fingerprint density at radius 3 is 2.94 bits per heavy atom. The van der Waals surface area contributed by atoms with Crippen molar-refractivity contribution in [2.45, 2.75) is 45.3 Å². The lowest BCUT2D eigenvalue weighted by Gasteiger charge is -2.22. The molecule has 0 aromatic heterocycles. The lowest BCUT2D eigenvalue weighted by Crippen LogP contribution is -2.30. The van der Waals surface area contributed by atoms with Crippen LogP contribution in [0.3, 0.4) is 0 Å². The van der Waals surface area contributed by atoms with E-state index < -0.39 is 0 Å². The van der Waals surface area contributed by atoms with Gasteiger partial charge in [-0.3, -0.25) is 4.79 Å². The molecule has 0 spiro atoms. The minimum atomic E-state index is 0.0881. The Morgan fingerprint density at radius 1 is 1.39 bits per heavy atom. The molecule has 1 aliphatic rings. The van der Waals surface area contributed by atoms with Crippen molar-refractivity contribution in [1.82, 2.24) is 5.32 Å². The van der Waals surface area contributed by atoms with Crippen LogP contribution < -0.4 is 5.32 Å². The van der Waals surface area contributed by atoms with Gasteiger partial charge < -0.3 is 10.1 Å². The Labute approximate surface area is 109 Å². The Balaban J connectivity index is 1.76. The summed E-state index contributed by atoms with van der Waals surface area (Å²) in [4.78, 5) is 11.8. The fourth-order valence-electron chi connectivity index (χ4n) is 2.25. The summed E-state index contributed by atoms with van der Waals surface area (Å²) in [5.41, 5.74) is 2.39. The molecule has 1 saturated heterocycles. The zero-order valence-electron chi connectivity index (χ0n) is 10.9. The van der Waals surface area contributed by atoms with Crippen molar-refractivity contribution in [3.63, 3.8) is 0 Å². The van der Waals surface area contributed by atoms with Crippen molar-refractivity contribution in [1.29, 1.82) is 0 Å². The molecule has 1 aliphatic heterocycles.